The molecule has 1 fully saturated rings. The molecule has 1 aliphatic heterocycles. The molecule has 2 aliphatic rings. The van der Waals surface area contributed by atoms with Crippen LogP contribution in [0.4, 0.5) is 0 Å². The van der Waals surface area contributed by atoms with Crippen molar-refractivity contribution in [1.29, 1.82) is 0 Å². The summed E-state index contributed by atoms with van der Waals surface area (Å²) >= 11 is 0. The Morgan fingerprint density at radius 3 is 2.39 bits per heavy atom. The van der Waals surface area contributed by atoms with Gasteiger partial charge in [0.15, 0.2) is 6.61 Å². The van der Waals surface area contributed by atoms with Crippen LogP contribution in [0.15, 0.2) is 41.3 Å². The summed E-state index contributed by atoms with van der Waals surface area (Å²) in [6.45, 7) is 2.63. The molecule has 0 radical (unpaired) electrons. The largest absolute Gasteiger partial charge is 0.456 e. The third-order valence-corrected chi connectivity index (χ3v) is 7.06. The number of nitrogens with zero attached hydrogens (tertiary/aromatic N) is 2. The van der Waals surface area contributed by atoms with E-state index in [0.717, 1.165) is 18.4 Å². The number of amides is 1. The molecular weight excluding hydrogens is 380 g/mol. The maximum Gasteiger partial charge on any atom is 0.306 e. The van der Waals surface area contributed by atoms with Gasteiger partial charge in [0.1, 0.15) is 0 Å². The molecule has 7 nitrogen and oxygen atoms in total. The number of carbonyl (C=O) groups is 2. The number of sulfonamides is 1. The van der Waals surface area contributed by atoms with Crippen molar-refractivity contribution in [3.63, 3.8) is 0 Å². The maximum absolute atomic E-state index is 12.7. The minimum absolute atomic E-state index is 0.207. The molecule has 1 amide bonds. The van der Waals surface area contributed by atoms with Crippen LogP contribution >= 0.6 is 0 Å². The third kappa shape index (κ3) is 4.99. The van der Waals surface area contributed by atoms with Gasteiger partial charge < -0.3 is 9.64 Å². The quantitative estimate of drug-likeness (QED) is 0.531. The number of allylic oxidation sites excluding steroid dienone is 2. The summed E-state index contributed by atoms with van der Waals surface area (Å²) < 4.78 is 31.9. The zero-order chi connectivity index (χ0) is 20.1. The van der Waals surface area contributed by atoms with Gasteiger partial charge in [-0.25, -0.2) is 8.42 Å². The lowest BCUT2D eigenvalue weighted by Crippen LogP contribution is -2.51. The molecule has 1 atom stereocenters. The van der Waals surface area contributed by atoms with Crippen molar-refractivity contribution in [3.05, 3.63) is 42.0 Å². The molecule has 8 heteroatoms. The Morgan fingerprint density at radius 1 is 1.11 bits per heavy atom. The second-order valence-corrected chi connectivity index (χ2v) is 9.17. The van der Waals surface area contributed by atoms with Gasteiger partial charge in [-0.3, -0.25) is 9.59 Å². The fraction of sp³-hybridized carbons (Fsp3) is 0.500. The van der Waals surface area contributed by atoms with Crippen LogP contribution < -0.4 is 0 Å². The molecule has 0 aromatic heterocycles. The number of esters is 1. The average Bonchev–Trinajstić information content (AvgIpc) is 3.19. The first kappa shape index (κ1) is 20.5. The van der Waals surface area contributed by atoms with Crippen LogP contribution in [0, 0.1) is 12.8 Å². The molecule has 152 valence electrons. The van der Waals surface area contributed by atoms with Gasteiger partial charge in [0.2, 0.25) is 10.0 Å². The van der Waals surface area contributed by atoms with Crippen molar-refractivity contribution in [2.75, 3.05) is 32.8 Å². The molecule has 28 heavy (non-hydrogen) atoms. The first-order chi connectivity index (χ1) is 13.4. The summed E-state index contributed by atoms with van der Waals surface area (Å²) in [5.74, 6) is -0.452. The molecule has 0 spiro atoms. The Labute approximate surface area is 166 Å². The van der Waals surface area contributed by atoms with Crippen molar-refractivity contribution < 1.29 is 22.7 Å². The van der Waals surface area contributed by atoms with Crippen molar-refractivity contribution >= 4 is 21.9 Å². The molecule has 0 unspecified atom stereocenters. The van der Waals surface area contributed by atoms with Crippen molar-refractivity contribution in [2.24, 2.45) is 5.92 Å². The lowest BCUT2D eigenvalue weighted by molar-refractivity contribution is -0.153. The van der Waals surface area contributed by atoms with Crippen molar-refractivity contribution in [3.8, 4) is 0 Å². The van der Waals surface area contributed by atoms with Crippen LogP contribution in [0.3, 0.4) is 0 Å². The lowest BCUT2D eigenvalue weighted by atomic mass is 10.1. The molecule has 1 heterocycles. The zero-order valence-corrected chi connectivity index (χ0v) is 16.9. The van der Waals surface area contributed by atoms with Crippen LogP contribution in [-0.2, 0) is 24.3 Å². The van der Waals surface area contributed by atoms with E-state index in [0.29, 0.717) is 6.42 Å². The molecule has 0 saturated carbocycles. The highest BCUT2D eigenvalue weighted by atomic mass is 32.2. The molecule has 1 aromatic rings. The number of rotatable bonds is 6. The fourth-order valence-electron chi connectivity index (χ4n) is 3.41. The second-order valence-electron chi connectivity index (χ2n) is 7.23. The summed E-state index contributed by atoms with van der Waals surface area (Å²) in [6, 6.07) is 6.73. The minimum atomic E-state index is -3.56. The van der Waals surface area contributed by atoms with Gasteiger partial charge in [-0.2, -0.15) is 4.31 Å². The minimum Gasteiger partial charge on any atom is -0.456 e. The highest BCUT2D eigenvalue weighted by molar-refractivity contribution is 7.89. The highest BCUT2D eigenvalue weighted by Gasteiger charge is 2.30. The van der Waals surface area contributed by atoms with Crippen LogP contribution in [-0.4, -0.2) is 62.3 Å². The summed E-state index contributed by atoms with van der Waals surface area (Å²) in [7, 11) is -3.56. The number of hydrogen-bond acceptors (Lipinski definition) is 5. The van der Waals surface area contributed by atoms with Gasteiger partial charge in [-0.1, -0.05) is 29.8 Å². The van der Waals surface area contributed by atoms with Gasteiger partial charge in [0.25, 0.3) is 5.91 Å². The van der Waals surface area contributed by atoms with Crippen LogP contribution in [0.1, 0.15) is 24.8 Å². The van der Waals surface area contributed by atoms with Gasteiger partial charge in [-0.15, -0.1) is 0 Å². The van der Waals surface area contributed by atoms with E-state index < -0.39 is 10.0 Å². The number of benzene rings is 1. The van der Waals surface area contributed by atoms with E-state index >= 15 is 0 Å². The zero-order valence-electron chi connectivity index (χ0n) is 16.0. The molecular formula is C20H26N2O5S. The number of carbonyl (C=O) groups excluding carboxylic acids is 2. The molecule has 0 bridgehead atoms. The van der Waals surface area contributed by atoms with E-state index in [1.807, 2.05) is 19.1 Å². The van der Waals surface area contributed by atoms with Crippen LogP contribution in [0.5, 0.6) is 0 Å². The number of aryl methyl sites for hydroxylation is 1. The normalized spacial score (nSPS) is 20.3. The van der Waals surface area contributed by atoms with Gasteiger partial charge in [0, 0.05) is 26.2 Å². The van der Waals surface area contributed by atoms with E-state index in [9.17, 15) is 18.0 Å². The molecule has 0 N–H and O–H groups in total. The van der Waals surface area contributed by atoms with E-state index in [4.69, 9.17) is 4.74 Å². The smallest absolute Gasteiger partial charge is 0.306 e. The third-order valence-electron chi connectivity index (χ3n) is 5.15. The number of ether oxygens (including phenoxy) is 1. The summed E-state index contributed by atoms with van der Waals surface area (Å²) in [5.41, 5.74) is 0.993. The van der Waals surface area contributed by atoms with E-state index in [-0.39, 0.29) is 55.5 Å². The Bertz CT molecular complexity index is 840. The molecule has 1 saturated heterocycles. The predicted octanol–water partition coefficient (Wildman–Crippen LogP) is 1.73. The monoisotopic (exact) mass is 406 g/mol. The van der Waals surface area contributed by atoms with Crippen LogP contribution in [0.2, 0.25) is 0 Å². The molecule has 1 aliphatic carbocycles. The topological polar surface area (TPSA) is 84.0 Å². The predicted molar refractivity (Wildman–Crippen MR) is 104 cm³/mol. The standard InChI is InChI=1S/C20H26N2O5S/c1-16-6-8-18(9-7-16)28(25,26)22-12-10-21(11-13-22)19(23)15-27-20(24)14-17-4-2-3-5-17/h2,4,6-9,17H,3,5,10-15H2,1H3/t17-/m0/s1. The first-order valence-electron chi connectivity index (χ1n) is 9.53. The number of hydrogen-bond donors (Lipinski definition) is 0. The Kier molecular flexibility index (Phi) is 6.51. The Balaban J connectivity index is 1.46. The highest BCUT2D eigenvalue weighted by Crippen LogP contribution is 2.21. The van der Waals surface area contributed by atoms with Gasteiger partial charge in [-0.05, 0) is 37.8 Å². The fourth-order valence-corrected chi connectivity index (χ4v) is 4.83. The molecule has 3 rings (SSSR count). The molecule has 1 aromatic carbocycles. The maximum atomic E-state index is 12.7. The average molecular weight is 407 g/mol. The summed E-state index contributed by atoms with van der Waals surface area (Å²) in [4.78, 5) is 25.9. The first-order valence-corrected chi connectivity index (χ1v) is 11.0. The van der Waals surface area contributed by atoms with Crippen LogP contribution in [0.25, 0.3) is 0 Å². The van der Waals surface area contributed by atoms with Crippen molar-refractivity contribution in [2.45, 2.75) is 31.1 Å². The van der Waals surface area contributed by atoms with E-state index in [2.05, 4.69) is 0 Å². The number of piperazine rings is 1. The van der Waals surface area contributed by atoms with Crippen molar-refractivity contribution in [1.82, 2.24) is 9.21 Å². The van der Waals surface area contributed by atoms with E-state index in [1.165, 1.54) is 4.31 Å². The summed E-state index contributed by atoms with van der Waals surface area (Å²) in [5, 5.41) is 0. The second kappa shape index (κ2) is 8.87. The Hall–Kier alpha value is -2.19. The SMILES string of the molecule is Cc1ccc(S(=O)(=O)N2CCN(C(=O)COC(=O)C[C@H]3C=CCC3)CC2)cc1. The van der Waals surface area contributed by atoms with E-state index in [1.54, 1.807) is 29.2 Å². The van der Waals surface area contributed by atoms with Gasteiger partial charge in [0.05, 0.1) is 11.3 Å². The summed E-state index contributed by atoms with van der Waals surface area (Å²) in [6.07, 6.45) is 6.28. The Morgan fingerprint density at radius 2 is 1.79 bits per heavy atom. The van der Waals surface area contributed by atoms with Gasteiger partial charge >= 0.3 is 5.97 Å². The lowest BCUT2D eigenvalue weighted by Gasteiger charge is -2.33.